The first kappa shape index (κ1) is 13.5. The van der Waals surface area contributed by atoms with E-state index in [1.54, 1.807) is 0 Å². The molecule has 2 nitrogen and oxygen atoms in total. The second kappa shape index (κ2) is 6.92. The summed E-state index contributed by atoms with van der Waals surface area (Å²) in [4.78, 5) is 0. The van der Waals surface area contributed by atoms with Crippen LogP contribution in [0.2, 0.25) is 0 Å². The van der Waals surface area contributed by atoms with Crippen molar-refractivity contribution in [3.05, 3.63) is 28.2 Å². The van der Waals surface area contributed by atoms with E-state index in [9.17, 15) is 5.11 Å². The summed E-state index contributed by atoms with van der Waals surface area (Å²) in [6.45, 7) is 5.08. The summed E-state index contributed by atoms with van der Waals surface area (Å²) in [6.07, 6.45) is 2.35. The number of halogens is 1. The summed E-state index contributed by atoms with van der Waals surface area (Å²) < 4.78 is 6.68. The van der Waals surface area contributed by atoms with E-state index >= 15 is 0 Å². The Morgan fingerprint density at radius 2 is 2.19 bits per heavy atom. The molecule has 0 heterocycles. The van der Waals surface area contributed by atoms with Crippen molar-refractivity contribution in [3.63, 3.8) is 0 Å². The Labute approximate surface area is 106 Å². The van der Waals surface area contributed by atoms with Gasteiger partial charge in [-0.15, -0.1) is 0 Å². The summed E-state index contributed by atoms with van der Waals surface area (Å²) in [5, 5.41) is 9.21. The lowest BCUT2D eigenvalue weighted by Gasteiger charge is -2.14. The van der Waals surface area contributed by atoms with E-state index in [-0.39, 0.29) is 6.61 Å². The zero-order valence-corrected chi connectivity index (χ0v) is 11.5. The van der Waals surface area contributed by atoms with Gasteiger partial charge in [-0.3, -0.25) is 0 Å². The minimum absolute atomic E-state index is 0.0108. The Bertz CT molecular complexity index is 326. The minimum atomic E-state index is 0.0108. The number of hydrogen-bond acceptors (Lipinski definition) is 2. The molecule has 16 heavy (non-hydrogen) atoms. The van der Waals surface area contributed by atoms with Gasteiger partial charge in [0.1, 0.15) is 5.75 Å². The van der Waals surface area contributed by atoms with Gasteiger partial charge >= 0.3 is 0 Å². The molecule has 0 amide bonds. The molecule has 0 fully saturated rings. The Balaban J connectivity index is 2.59. The quantitative estimate of drug-likeness (QED) is 0.863. The van der Waals surface area contributed by atoms with Gasteiger partial charge in [-0.25, -0.2) is 0 Å². The third kappa shape index (κ3) is 4.14. The van der Waals surface area contributed by atoms with Crippen molar-refractivity contribution in [1.29, 1.82) is 0 Å². The van der Waals surface area contributed by atoms with Crippen LogP contribution >= 0.6 is 15.9 Å². The van der Waals surface area contributed by atoms with Gasteiger partial charge in [0.25, 0.3) is 0 Å². The van der Waals surface area contributed by atoms with Crippen LogP contribution in [-0.2, 0) is 6.61 Å². The van der Waals surface area contributed by atoms with E-state index < -0.39 is 0 Å². The Kier molecular flexibility index (Phi) is 5.85. The van der Waals surface area contributed by atoms with Gasteiger partial charge in [0.15, 0.2) is 0 Å². The van der Waals surface area contributed by atoms with E-state index in [1.165, 1.54) is 12.8 Å². The van der Waals surface area contributed by atoms with Crippen LogP contribution in [0.5, 0.6) is 5.75 Å². The van der Waals surface area contributed by atoms with Crippen molar-refractivity contribution in [1.82, 2.24) is 0 Å². The average Bonchev–Trinajstić information content (AvgIpc) is 2.27. The van der Waals surface area contributed by atoms with Crippen molar-refractivity contribution in [2.24, 2.45) is 5.92 Å². The molecule has 1 unspecified atom stereocenters. The molecular weight excluding hydrogens is 268 g/mol. The monoisotopic (exact) mass is 286 g/mol. The molecule has 3 heteroatoms. The highest BCUT2D eigenvalue weighted by molar-refractivity contribution is 9.10. The van der Waals surface area contributed by atoms with Crippen LogP contribution in [0, 0.1) is 5.92 Å². The van der Waals surface area contributed by atoms with E-state index in [2.05, 4.69) is 29.8 Å². The molecular formula is C13H19BrO2. The van der Waals surface area contributed by atoms with Crippen LogP contribution in [0.25, 0.3) is 0 Å². The van der Waals surface area contributed by atoms with Gasteiger partial charge in [0, 0.05) is 10.0 Å². The van der Waals surface area contributed by atoms with E-state index in [0.29, 0.717) is 12.5 Å². The summed E-state index contributed by atoms with van der Waals surface area (Å²) in [6, 6.07) is 5.72. The zero-order valence-electron chi connectivity index (χ0n) is 9.87. The van der Waals surface area contributed by atoms with Gasteiger partial charge in [-0.05, 0) is 30.5 Å². The summed E-state index contributed by atoms with van der Waals surface area (Å²) >= 11 is 3.38. The maximum atomic E-state index is 9.21. The van der Waals surface area contributed by atoms with Gasteiger partial charge in [0.2, 0.25) is 0 Å². The van der Waals surface area contributed by atoms with Crippen molar-refractivity contribution < 1.29 is 9.84 Å². The molecule has 90 valence electrons. The molecule has 0 aliphatic heterocycles. The normalized spacial score (nSPS) is 12.5. The molecule has 0 aliphatic rings. The molecule has 0 spiro atoms. The van der Waals surface area contributed by atoms with Gasteiger partial charge in [-0.1, -0.05) is 36.2 Å². The highest BCUT2D eigenvalue weighted by Gasteiger charge is 2.06. The van der Waals surface area contributed by atoms with E-state index in [4.69, 9.17) is 4.74 Å². The van der Waals surface area contributed by atoms with Gasteiger partial charge < -0.3 is 9.84 Å². The van der Waals surface area contributed by atoms with Crippen molar-refractivity contribution in [2.75, 3.05) is 6.61 Å². The SMILES string of the molecule is CCCC(C)COc1ccc(Br)cc1CO. The summed E-state index contributed by atoms with van der Waals surface area (Å²) in [7, 11) is 0. The molecule has 1 atom stereocenters. The fourth-order valence-corrected chi connectivity index (χ4v) is 2.03. The molecule has 0 radical (unpaired) electrons. The molecule has 1 N–H and O–H groups in total. The number of aliphatic hydroxyl groups excluding tert-OH is 1. The molecule has 0 aromatic heterocycles. The van der Waals surface area contributed by atoms with Crippen LogP contribution in [0.4, 0.5) is 0 Å². The lowest BCUT2D eigenvalue weighted by Crippen LogP contribution is -2.09. The van der Waals surface area contributed by atoms with Crippen molar-refractivity contribution >= 4 is 15.9 Å². The topological polar surface area (TPSA) is 29.5 Å². The maximum absolute atomic E-state index is 9.21. The van der Waals surface area contributed by atoms with Crippen LogP contribution in [-0.4, -0.2) is 11.7 Å². The zero-order chi connectivity index (χ0) is 12.0. The highest BCUT2D eigenvalue weighted by Crippen LogP contribution is 2.24. The second-order valence-corrected chi connectivity index (χ2v) is 5.03. The number of benzene rings is 1. The van der Waals surface area contributed by atoms with Crippen molar-refractivity contribution in [3.8, 4) is 5.75 Å². The summed E-state index contributed by atoms with van der Waals surface area (Å²) in [5.74, 6) is 1.34. The van der Waals surface area contributed by atoms with Gasteiger partial charge in [-0.2, -0.15) is 0 Å². The molecule has 0 saturated heterocycles. The third-order valence-electron chi connectivity index (χ3n) is 2.50. The van der Waals surface area contributed by atoms with Crippen LogP contribution < -0.4 is 4.74 Å². The van der Waals surface area contributed by atoms with Crippen LogP contribution in [0.15, 0.2) is 22.7 Å². The molecule has 1 aromatic carbocycles. The van der Waals surface area contributed by atoms with Crippen LogP contribution in [0.3, 0.4) is 0 Å². The number of rotatable bonds is 6. The summed E-state index contributed by atoms with van der Waals surface area (Å²) in [5.41, 5.74) is 0.832. The van der Waals surface area contributed by atoms with E-state index in [0.717, 1.165) is 15.8 Å². The number of ether oxygens (including phenoxy) is 1. The molecule has 1 aromatic rings. The molecule has 0 saturated carbocycles. The predicted octanol–water partition coefficient (Wildman–Crippen LogP) is 3.76. The number of aliphatic hydroxyl groups is 1. The standard InChI is InChI=1S/C13H19BrO2/c1-3-4-10(2)9-16-13-6-5-12(14)7-11(13)8-15/h5-7,10,15H,3-4,8-9H2,1-2H3. The number of hydrogen-bond donors (Lipinski definition) is 1. The second-order valence-electron chi connectivity index (χ2n) is 4.12. The third-order valence-corrected chi connectivity index (χ3v) is 2.99. The lowest BCUT2D eigenvalue weighted by atomic mass is 10.1. The molecule has 1 rings (SSSR count). The fourth-order valence-electron chi connectivity index (χ4n) is 1.62. The first-order chi connectivity index (χ1) is 7.67. The average molecular weight is 287 g/mol. The Morgan fingerprint density at radius 3 is 2.81 bits per heavy atom. The minimum Gasteiger partial charge on any atom is -0.493 e. The fraction of sp³-hybridized carbons (Fsp3) is 0.538. The maximum Gasteiger partial charge on any atom is 0.124 e. The van der Waals surface area contributed by atoms with Crippen molar-refractivity contribution in [2.45, 2.75) is 33.3 Å². The Morgan fingerprint density at radius 1 is 1.44 bits per heavy atom. The lowest BCUT2D eigenvalue weighted by molar-refractivity contribution is 0.234. The smallest absolute Gasteiger partial charge is 0.124 e. The first-order valence-corrected chi connectivity index (χ1v) is 6.48. The van der Waals surface area contributed by atoms with Gasteiger partial charge in [0.05, 0.1) is 13.2 Å². The van der Waals surface area contributed by atoms with Crippen LogP contribution in [0.1, 0.15) is 32.3 Å². The molecule has 0 aliphatic carbocycles. The largest absolute Gasteiger partial charge is 0.493 e. The highest BCUT2D eigenvalue weighted by atomic mass is 79.9. The predicted molar refractivity (Wildman–Crippen MR) is 69.6 cm³/mol. The van der Waals surface area contributed by atoms with E-state index in [1.807, 2.05) is 18.2 Å². The molecule has 0 bridgehead atoms. The first-order valence-electron chi connectivity index (χ1n) is 5.69. The Hall–Kier alpha value is -0.540.